The molecular formula is C14H24N2O3. The third kappa shape index (κ3) is 4.82. The molecule has 0 aromatic heterocycles. The summed E-state index contributed by atoms with van der Waals surface area (Å²) in [7, 11) is 0. The van der Waals surface area contributed by atoms with Crippen molar-refractivity contribution in [3.8, 4) is 0 Å². The van der Waals surface area contributed by atoms with Crippen molar-refractivity contribution in [3.05, 3.63) is 0 Å². The summed E-state index contributed by atoms with van der Waals surface area (Å²) in [6, 6.07) is 0. The predicted octanol–water partition coefficient (Wildman–Crippen LogP) is 1.07. The van der Waals surface area contributed by atoms with Gasteiger partial charge in [0.25, 0.3) is 0 Å². The van der Waals surface area contributed by atoms with Crippen LogP contribution >= 0.6 is 0 Å². The molecule has 0 spiro atoms. The third-order valence-corrected chi connectivity index (χ3v) is 3.81. The summed E-state index contributed by atoms with van der Waals surface area (Å²) in [5.74, 6) is 0.0522. The maximum absolute atomic E-state index is 11.9. The lowest BCUT2D eigenvalue weighted by molar-refractivity contribution is -0.136. The molecule has 0 saturated carbocycles. The first-order chi connectivity index (χ1) is 9.25. The van der Waals surface area contributed by atoms with Crippen LogP contribution in [0.4, 0.5) is 0 Å². The number of amides is 2. The van der Waals surface area contributed by atoms with Crippen molar-refractivity contribution in [1.29, 1.82) is 0 Å². The highest BCUT2D eigenvalue weighted by Gasteiger charge is 2.20. The monoisotopic (exact) mass is 268 g/mol. The van der Waals surface area contributed by atoms with Gasteiger partial charge in [0.15, 0.2) is 0 Å². The second-order valence-corrected chi connectivity index (χ2v) is 5.42. The van der Waals surface area contributed by atoms with Gasteiger partial charge in [-0.1, -0.05) is 12.8 Å². The predicted molar refractivity (Wildman–Crippen MR) is 71.6 cm³/mol. The van der Waals surface area contributed by atoms with Gasteiger partial charge in [-0.05, 0) is 25.7 Å². The zero-order valence-corrected chi connectivity index (χ0v) is 11.5. The Balaban J connectivity index is 1.71. The van der Waals surface area contributed by atoms with Crippen LogP contribution in [0.5, 0.6) is 0 Å². The van der Waals surface area contributed by atoms with Crippen LogP contribution in [0.3, 0.4) is 0 Å². The smallest absolute Gasteiger partial charge is 0.239 e. The minimum absolute atomic E-state index is 0.0653. The zero-order chi connectivity index (χ0) is 13.5. The van der Waals surface area contributed by atoms with E-state index in [1.54, 1.807) is 4.90 Å². The van der Waals surface area contributed by atoms with E-state index in [1.165, 1.54) is 0 Å². The second kappa shape index (κ2) is 7.48. The minimum Gasteiger partial charge on any atom is -0.376 e. The fourth-order valence-corrected chi connectivity index (χ4v) is 2.64. The summed E-state index contributed by atoms with van der Waals surface area (Å²) in [6.45, 7) is 2.28. The fourth-order valence-electron chi connectivity index (χ4n) is 2.64. The molecule has 0 aromatic rings. The van der Waals surface area contributed by atoms with Crippen LogP contribution in [-0.4, -0.2) is 49.1 Å². The van der Waals surface area contributed by atoms with Crippen LogP contribution in [-0.2, 0) is 14.3 Å². The number of likely N-dealkylation sites (tertiary alicyclic amines) is 1. The van der Waals surface area contributed by atoms with Crippen molar-refractivity contribution in [2.45, 2.75) is 51.0 Å². The van der Waals surface area contributed by atoms with Crippen molar-refractivity contribution < 1.29 is 14.3 Å². The summed E-state index contributed by atoms with van der Waals surface area (Å²) in [6.07, 6.45) is 7.07. The number of hydrogen-bond donors (Lipinski definition) is 1. The van der Waals surface area contributed by atoms with E-state index < -0.39 is 0 Å². The van der Waals surface area contributed by atoms with Gasteiger partial charge in [0.1, 0.15) is 0 Å². The fraction of sp³-hybridized carbons (Fsp3) is 0.857. The van der Waals surface area contributed by atoms with Crippen molar-refractivity contribution in [3.63, 3.8) is 0 Å². The topological polar surface area (TPSA) is 58.6 Å². The molecule has 2 heterocycles. The van der Waals surface area contributed by atoms with E-state index in [0.717, 1.165) is 45.1 Å². The van der Waals surface area contributed by atoms with Gasteiger partial charge in [0, 0.05) is 26.1 Å². The Morgan fingerprint density at radius 3 is 2.89 bits per heavy atom. The Morgan fingerprint density at radius 2 is 2.11 bits per heavy atom. The molecule has 0 aliphatic carbocycles. The minimum atomic E-state index is -0.0653. The van der Waals surface area contributed by atoms with Crippen molar-refractivity contribution in [2.75, 3.05) is 26.2 Å². The molecule has 1 N–H and O–H groups in total. The largest absolute Gasteiger partial charge is 0.376 e. The molecule has 19 heavy (non-hydrogen) atoms. The standard InChI is InChI=1S/C14H24N2O3/c17-13(15-10-12-6-5-9-19-12)11-16-8-4-2-1-3-7-14(16)18/h12H,1-11H2,(H,15,17)/t12-/m0/s1. The molecule has 2 amide bonds. The normalized spacial score (nSPS) is 24.9. The summed E-state index contributed by atoms with van der Waals surface area (Å²) in [5, 5.41) is 2.87. The highest BCUT2D eigenvalue weighted by molar-refractivity contribution is 5.84. The Labute approximate surface area is 114 Å². The second-order valence-electron chi connectivity index (χ2n) is 5.42. The van der Waals surface area contributed by atoms with Gasteiger partial charge >= 0.3 is 0 Å². The molecule has 0 bridgehead atoms. The number of rotatable bonds is 4. The Bertz CT molecular complexity index is 314. The van der Waals surface area contributed by atoms with E-state index in [0.29, 0.717) is 19.5 Å². The highest BCUT2D eigenvalue weighted by atomic mass is 16.5. The number of nitrogens with one attached hydrogen (secondary N) is 1. The Hall–Kier alpha value is -1.10. The van der Waals surface area contributed by atoms with Crippen LogP contribution in [0.25, 0.3) is 0 Å². The van der Waals surface area contributed by atoms with E-state index in [9.17, 15) is 9.59 Å². The molecule has 0 unspecified atom stereocenters. The Morgan fingerprint density at radius 1 is 1.26 bits per heavy atom. The van der Waals surface area contributed by atoms with Gasteiger partial charge < -0.3 is 15.0 Å². The average Bonchev–Trinajstić information content (AvgIpc) is 2.89. The summed E-state index contributed by atoms with van der Waals surface area (Å²) >= 11 is 0. The molecule has 2 aliphatic rings. The number of carbonyl (C=O) groups is 2. The summed E-state index contributed by atoms with van der Waals surface area (Å²) in [5.41, 5.74) is 0. The molecule has 2 fully saturated rings. The van der Waals surface area contributed by atoms with E-state index in [1.807, 2.05) is 0 Å². The molecule has 0 aromatic carbocycles. The lowest BCUT2D eigenvalue weighted by Gasteiger charge is -2.24. The van der Waals surface area contributed by atoms with Crippen LogP contribution in [0.2, 0.25) is 0 Å². The molecule has 2 aliphatic heterocycles. The number of carbonyl (C=O) groups excluding carboxylic acids is 2. The van der Waals surface area contributed by atoms with E-state index in [4.69, 9.17) is 4.74 Å². The van der Waals surface area contributed by atoms with Gasteiger partial charge in [-0.25, -0.2) is 0 Å². The summed E-state index contributed by atoms with van der Waals surface area (Å²) < 4.78 is 5.46. The molecular weight excluding hydrogens is 244 g/mol. The number of ether oxygens (including phenoxy) is 1. The van der Waals surface area contributed by atoms with Gasteiger partial charge in [-0.2, -0.15) is 0 Å². The molecule has 1 atom stereocenters. The van der Waals surface area contributed by atoms with Crippen LogP contribution in [0.1, 0.15) is 44.9 Å². The maximum Gasteiger partial charge on any atom is 0.239 e. The van der Waals surface area contributed by atoms with Crippen LogP contribution in [0.15, 0.2) is 0 Å². The number of hydrogen-bond acceptors (Lipinski definition) is 3. The first-order valence-corrected chi connectivity index (χ1v) is 7.42. The van der Waals surface area contributed by atoms with E-state index in [2.05, 4.69) is 5.32 Å². The number of nitrogens with zero attached hydrogens (tertiary/aromatic N) is 1. The molecule has 2 rings (SSSR count). The van der Waals surface area contributed by atoms with Crippen molar-refractivity contribution >= 4 is 11.8 Å². The molecule has 5 heteroatoms. The average molecular weight is 268 g/mol. The first kappa shape index (κ1) is 14.3. The quantitative estimate of drug-likeness (QED) is 0.830. The van der Waals surface area contributed by atoms with Crippen LogP contribution < -0.4 is 5.32 Å². The summed E-state index contributed by atoms with van der Waals surface area (Å²) in [4.78, 5) is 25.4. The van der Waals surface area contributed by atoms with Crippen molar-refractivity contribution in [1.82, 2.24) is 10.2 Å². The molecule has 108 valence electrons. The third-order valence-electron chi connectivity index (χ3n) is 3.81. The lowest BCUT2D eigenvalue weighted by atomic mass is 10.1. The van der Waals surface area contributed by atoms with E-state index >= 15 is 0 Å². The lowest BCUT2D eigenvalue weighted by Crippen LogP contribution is -2.43. The molecule has 0 radical (unpaired) electrons. The van der Waals surface area contributed by atoms with Gasteiger partial charge in [-0.15, -0.1) is 0 Å². The zero-order valence-electron chi connectivity index (χ0n) is 11.5. The maximum atomic E-state index is 11.9. The molecule has 2 saturated heterocycles. The highest BCUT2D eigenvalue weighted by Crippen LogP contribution is 2.12. The van der Waals surface area contributed by atoms with Gasteiger partial charge in [0.2, 0.25) is 11.8 Å². The first-order valence-electron chi connectivity index (χ1n) is 7.42. The molecule has 5 nitrogen and oxygen atoms in total. The van der Waals surface area contributed by atoms with Gasteiger partial charge in [0.05, 0.1) is 12.6 Å². The van der Waals surface area contributed by atoms with Gasteiger partial charge in [-0.3, -0.25) is 9.59 Å². The Kier molecular flexibility index (Phi) is 5.63. The van der Waals surface area contributed by atoms with Crippen LogP contribution in [0, 0.1) is 0 Å². The SMILES string of the molecule is O=C(CN1CCCCCCC1=O)NC[C@@H]1CCCO1. The van der Waals surface area contributed by atoms with E-state index in [-0.39, 0.29) is 24.5 Å². The van der Waals surface area contributed by atoms with Crippen molar-refractivity contribution in [2.24, 2.45) is 0 Å².